The van der Waals surface area contributed by atoms with E-state index >= 15 is 0 Å². The number of likely N-dealkylation sites (tertiary alicyclic amines) is 1. The number of nitrogens with two attached hydrogens (primary N) is 1. The van der Waals surface area contributed by atoms with Crippen LogP contribution in [0.25, 0.3) is 5.76 Å². The second kappa shape index (κ2) is 6.91. The summed E-state index contributed by atoms with van der Waals surface area (Å²) in [4.78, 5) is 40.8. The van der Waals surface area contributed by atoms with Crippen LogP contribution < -0.4 is 5.73 Å². The molecule has 6 N–H and O–H groups in total. The molecular formula is C23H24N2O7. The van der Waals surface area contributed by atoms with E-state index in [0.717, 1.165) is 12.8 Å². The van der Waals surface area contributed by atoms with E-state index in [0.29, 0.717) is 25.1 Å². The normalized spacial score (nSPS) is 32.6. The maximum atomic E-state index is 13.7. The predicted molar refractivity (Wildman–Crippen MR) is 111 cm³/mol. The van der Waals surface area contributed by atoms with Gasteiger partial charge in [-0.2, -0.15) is 0 Å². The molecule has 168 valence electrons. The number of benzene rings is 1. The summed E-state index contributed by atoms with van der Waals surface area (Å²) in [6.07, 6.45) is 2.09. The second-order valence-corrected chi connectivity index (χ2v) is 9.05. The standard InChI is InChI=1S/C23H24N2O7/c24-22(31)16-19(28)17(25-6-1-2-7-25)12-9-11-8-10-4-3-5-13(26)14(10)18(27)15(11)20(29)23(12,32)21(16)30/h3-5,11-12,17,26-27,30,32H,1-2,6-9H2,(H2,24,31)/t11-,12-,17-,23-/m0/s1. The molecule has 3 aliphatic carbocycles. The molecule has 4 aliphatic rings. The Hall–Kier alpha value is -3.17. The van der Waals surface area contributed by atoms with E-state index < -0.39 is 58.0 Å². The van der Waals surface area contributed by atoms with Crippen LogP contribution in [0.5, 0.6) is 5.75 Å². The first-order valence-corrected chi connectivity index (χ1v) is 10.7. The fourth-order valence-electron chi connectivity index (χ4n) is 6.03. The Kier molecular flexibility index (Phi) is 4.48. The number of amides is 1. The van der Waals surface area contributed by atoms with E-state index in [9.17, 15) is 34.8 Å². The third-order valence-corrected chi connectivity index (χ3v) is 7.44. The molecule has 1 aromatic carbocycles. The van der Waals surface area contributed by atoms with Gasteiger partial charge in [0, 0.05) is 11.5 Å². The lowest BCUT2D eigenvalue weighted by Gasteiger charge is -2.50. The van der Waals surface area contributed by atoms with E-state index in [1.165, 1.54) is 6.07 Å². The van der Waals surface area contributed by atoms with Crippen LogP contribution in [0.2, 0.25) is 0 Å². The molecule has 1 heterocycles. The minimum Gasteiger partial charge on any atom is -0.508 e. The quantitative estimate of drug-likeness (QED) is 0.415. The first kappa shape index (κ1) is 20.7. The summed E-state index contributed by atoms with van der Waals surface area (Å²) in [6, 6.07) is 3.77. The van der Waals surface area contributed by atoms with Gasteiger partial charge in [-0.05, 0) is 56.3 Å². The number of Topliss-reactive ketones (excluding diaryl/α,β-unsaturated/α-hetero) is 2. The summed E-state index contributed by atoms with van der Waals surface area (Å²) in [7, 11) is 0. The van der Waals surface area contributed by atoms with Crippen molar-refractivity contribution in [1.82, 2.24) is 4.90 Å². The van der Waals surface area contributed by atoms with Gasteiger partial charge in [-0.25, -0.2) is 0 Å². The third-order valence-electron chi connectivity index (χ3n) is 7.44. The molecule has 1 saturated carbocycles. The maximum Gasteiger partial charge on any atom is 0.255 e. The fourth-order valence-corrected chi connectivity index (χ4v) is 6.03. The van der Waals surface area contributed by atoms with Gasteiger partial charge in [-0.3, -0.25) is 19.3 Å². The van der Waals surface area contributed by atoms with Gasteiger partial charge in [-0.1, -0.05) is 12.1 Å². The Balaban J connectivity index is 1.72. The highest BCUT2D eigenvalue weighted by Crippen LogP contribution is 2.52. The molecule has 0 radical (unpaired) electrons. The molecule has 1 aliphatic heterocycles. The molecule has 5 rings (SSSR count). The molecule has 32 heavy (non-hydrogen) atoms. The van der Waals surface area contributed by atoms with E-state index in [4.69, 9.17) is 5.73 Å². The number of ketones is 2. The SMILES string of the molecule is NC(=O)C1=C(O)[C@@]2(O)C(=O)C3=C(O)c4c(O)cccc4C[C@H]3C[C@H]2[C@H](N2CCCC2)C1=O. The van der Waals surface area contributed by atoms with Crippen molar-refractivity contribution in [3.8, 4) is 5.75 Å². The maximum absolute atomic E-state index is 13.7. The second-order valence-electron chi connectivity index (χ2n) is 9.05. The third kappa shape index (κ3) is 2.55. The van der Waals surface area contributed by atoms with E-state index in [2.05, 4.69) is 0 Å². The summed E-state index contributed by atoms with van der Waals surface area (Å²) >= 11 is 0. The topological polar surface area (TPSA) is 161 Å². The number of hydrogen-bond donors (Lipinski definition) is 5. The zero-order valence-electron chi connectivity index (χ0n) is 17.2. The van der Waals surface area contributed by atoms with Gasteiger partial charge in [0.15, 0.2) is 11.4 Å². The van der Waals surface area contributed by atoms with Crippen LogP contribution in [0.15, 0.2) is 35.1 Å². The summed E-state index contributed by atoms with van der Waals surface area (Å²) in [5.41, 5.74) is 2.65. The summed E-state index contributed by atoms with van der Waals surface area (Å²) in [6.45, 7) is 1.11. The average Bonchev–Trinajstić information content (AvgIpc) is 3.25. The monoisotopic (exact) mass is 440 g/mol. The molecule has 1 amide bonds. The summed E-state index contributed by atoms with van der Waals surface area (Å²) < 4.78 is 0. The zero-order valence-corrected chi connectivity index (χ0v) is 17.2. The molecule has 0 bridgehead atoms. The largest absolute Gasteiger partial charge is 0.508 e. The highest BCUT2D eigenvalue weighted by atomic mass is 16.3. The fraction of sp³-hybridized carbons (Fsp3) is 0.435. The van der Waals surface area contributed by atoms with Crippen LogP contribution in [0.4, 0.5) is 0 Å². The molecule has 9 heteroatoms. The number of primary amides is 1. The predicted octanol–water partition coefficient (Wildman–Crippen LogP) is 0.498. The Morgan fingerprint density at radius 1 is 1.12 bits per heavy atom. The molecule has 2 fully saturated rings. The number of aliphatic hydroxyl groups excluding tert-OH is 2. The molecule has 0 unspecified atom stereocenters. The lowest BCUT2D eigenvalue weighted by Crippen LogP contribution is -2.66. The average molecular weight is 440 g/mol. The first-order chi connectivity index (χ1) is 15.2. The highest BCUT2D eigenvalue weighted by Gasteiger charge is 2.64. The number of fused-ring (bicyclic) bond motifs is 3. The number of nitrogens with zero attached hydrogens (tertiary/aromatic N) is 1. The van der Waals surface area contributed by atoms with Crippen molar-refractivity contribution in [3.05, 3.63) is 46.2 Å². The molecule has 9 nitrogen and oxygen atoms in total. The molecule has 1 saturated heterocycles. The Bertz CT molecular complexity index is 1130. The molecule has 0 spiro atoms. The minimum atomic E-state index is -2.58. The van der Waals surface area contributed by atoms with Crippen molar-refractivity contribution in [2.75, 3.05) is 13.1 Å². The van der Waals surface area contributed by atoms with Gasteiger partial charge in [0.1, 0.15) is 22.8 Å². The highest BCUT2D eigenvalue weighted by molar-refractivity contribution is 6.24. The number of carbonyl (C=O) groups is 3. The van der Waals surface area contributed by atoms with Crippen molar-refractivity contribution >= 4 is 23.2 Å². The Morgan fingerprint density at radius 2 is 1.81 bits per heavy atom. The van der Waals surface area contributed by atoms with Crippen molar-refractivity contribution in [2.24, 2.45) is 17.6 Å². The van der Waals surface area contributed by atoms with Crippen LogP contribution in [-0.4, -0.2) is 67.5 Å². The van der Waals surface area contributed by atoms with Gasteiger partial charge in [-0.15, -0.1) is 0 Å². The number of aromatic hydroxyl groups is 1. The van der Waals surface area contributed by atoms with Crippen molar-refractivity contribution < 1.29 is 34.8 Å². The van der Waals surface area contributed by atoms with Crippen molar-refractivity contribution in [2.45, 2.75) is 37.3 Å². The Labute approximate surface area is 183 Å². The van der Waals surface area contributed by atoms with E-state index in [-0.39, 0.29) is 23.3 Å². The number of aliphatic hydroxyl groups is 3. The zero-order chi connectivity index (χ0) is 22.9. The number of phenols is 1. The van der Waals surface area contributed by atoms with Crippen molar-refractivity contribution in [1.29, 1.82) is 0 Å². The van der Waals surface area contributed by atoms with Gasteiger partial charge < -0.3 is 26.2 Å². The van der Waals surface area contributed by atoms with Crippen LogP contribution in [0.3, 0.4) is 0 Å². The smallest absolute Gasteiger partial charge is 0.255 e. The number of phenolic OH excluding ortho intramolecular Hbond substituents is 1. The van der Waals surface area contributed by atoms with Gasteiger partial charge in [0.2, 0.25) is 5.78 Å². The first-order valence-electron chi connectivity index (χ1n) is 10.7. The number of rotatable bonds is 2. The van der Waals surface area contributed by atoms with Crippen molar-refractivity contribution in [3.63, 3.8) is 0 Å². The van der Waals surface area contributed by atoms with E-state index in [1.54, 1.807) is 12.1 Å². The van der Waals surface area contributed by atoms with Gasteiger partial charge >= 0.3 is 0 Å². The van der Waals surface area contributed by atoms with Crippen LogP contribution in [0, 0.1) is 11.8 Å². The van der Waals surface area contributed by atoms with E-state index in [1.807, 2.05) is 4.90 Å². The minimum absolute atomic E-state index is 0.107. The number of hydrogen-bond acceptors (Lipinski definition) is 8. The molecule has 0 aromatic heterocycles. The van der Waals surface area contributed by atoms with Crippen LogP contribution in [0.1, 0.15) is 30.4 Å². The lowest BCUT2D eigenvalue weighted by atomic mass is 9.57. The lowest BCUT2D eigenvalue weighted by molar-refractivity contribution is -0.154. The van der Waals surface area contributed by atoms with Gasteiger partial charge in [0.25, 0.3) is 5.91 Å². The van der Waals surface area contributed by atoms with Crippen LogP contribution in [-0.2, 0) is 20.8 Å². The molecule has 1 aromatic rings. The molecule has 4 atom stereocenters. The summed E-state index contributed by atoms with van der Waals surface area (Å²) in [5, 5.41) is 43.6. The molecular weight excluding hydrogens is 416 g/mol. The Morgan fingerprint density at radius 3 is 2.47 bits per heavy atom. The summed E-state index contributed by atoms with van der Waals surface area (Å²) in [5.74, 6) is -6.14. The van der Waals surface area contributed by atoms with Gasteiger partial charge in [0.05, 0.1) is 11.6 Å². The van der Waals surface area contributed by atoms with Crippen LogP contribution >= 0.6 is 0 Å². The number of carbonyl (C=O) groups excluding carboxylic acids is 3.